The van der Waals surface area contributed by atoms with Gasteiger partial charge in [0.2, 0.25) is 0 Å². The van der Waals surface area contributed by atoms with Gasteiger partial charge in [0, 0.05) is 5.56 Å². The molecule has 1 saturated carbocycles. The van der Waals surface area contributed by atoms with Crippen molar-refractivity contribution in [2.45, 2.75) is 70.6 Å². The van der Waals surface area contributed by atoms with Gasteiger partial charge < -0.3 is 0 Å². The summed E-state index contributed by atoms with van der Waals surface area (Å²) < 4.78 is 14.5. The van der Waals surface area contributed by atoms with Crippen LogP contribution in [0.15, 0.2) is 84.9 Å². The molecule has 0 aliphatic heterocycles. The van der Waals surface area contributed by atoms with Crippen LogP contribution in [0.1, 0.15) is 92.0 Å². The third-order valence-electron chi connectivity index (χ3n) is 7.67. The molecule has 3 aromatic carbocycles. The maximum atomic E-state index is 14.5. The molecule has 1 fully saturated rings. The Labute approximate surface area is 211 Å². The number of benzene rings is 3. The van der Waals surface area contributed by atoms with Crippen LogP contribution in [0.2, 0.25) is 0 Å². The first-order valence-electron chi connectivity index (χ1n) is 13.3. The molecule has 0 N–H and O–H groups in total. The molecule has 0 spiro atoms. The zero-order valence-corrected chi connectivity index (χ0v) is 21.3. The highest BCUT2D eigenvalue weighted by molar-refractivity contribution is 5.70. The van der Waals surface area contributed by atoms with E-state index in [9.17, 15) is 4.39 Å². The third-order valence-corrected chi connectivity index (χ3v) is 7.67. The Balaban J connectivity index is 1.28. The van der Waals surface area contributed by atoms with Crippen LogP contribution in [0, 0.1) is 11.7 Å². The van der Waals surface area contributed by atoms with Crippen molar-refractivity contribution in [1.29, 1.82) is 0 Å². The van der Waals surface area contributed by atoms with E-state index < -0.39 is 0 Å². The Kier molecular flexibility index (Phi) is 9.12. The number of hydrogen-bond donors (Lipinski definition) is 0. The van der Waals surface area contributed by atoms with E-state index in [1.807, 2.05) is 37.3 Å². The van der Waals surface area contributed by atoms with Crippen molar-refractivity contribution in [3.63, 3.8) is 0 Å². The summed E-state index contributed by atoms with van der Waals surface area (Å²) >= 11 is 0. The highest BCUT2D eigenvalue weighted by atomic mass is 19.1. The van der Waals surface area contributed by atoms with Gasteiger partial charge in [-0.15, -0.1) is 0 Å². The van der Waals surface area contributed by atoms with Gasteiger partial charge in [-0.05, 0) is 97.9 Å². The van der Waals surface area contributed by atoms with Gasteiger partial charge in [-0.25, -0.2) is 4.39 Å². The SMILES string of the molecule is C/C=C/CCc1ccc(/C=C/c2ccc(C3CCC(CC(C)c4ccccc4)CC3)cc2)c(F)c1. The molecule has 1 atom stereocenters. The van der Waals surface area contributed by atoms with Crippen molar-refractivity contribution < 1.29 is 4.39 Å². The van der Waals surface area contributed by atoms with Crippen LogP contribution < -0.4 is 0 Å². The summed E-state index contributed by atoms with van der Waals surface area (Å²) in [5.41, 5.74) is 5.74. The maximum Gasteiger partial charge on any atom is 0.130 e. The smallest absolute Gasteiger partial charge is 0.130 e. The van der Waals surface area contributed by atoms with Crippen molar-refractivity contribution in [2.75, 3.05) is 0 Å². The summed E-state index contributed by atoms with van der Waals surface area (Å²) in [5, 5.41) is 0. The average molecular weight is 467 g/mol. The number of halogens is 1. The molecule has 0 bridgehead atoms. The minimum Gasteiger partial charge on any atom is -0.206 e. The van der Waals surface area contributed by atoms with E-state index in [1.165, 1.54) is 43.2 Å². The molecule has 1 aliphatic carbocycles. The van der Waals surface area contributed by atoms with Crippen molar-refractivity contribution >= 4 is 12.2 Å². The van der Waals surface area contributed by atoms with E-state index in [0.29, 0.717) is 17.4 Å². The summed E-state index contributed by atoms with van der Waals surface area (Å²) in [5.74, 6) is 2.01. The van der Waals surface area contributed by atoms with Crippen LogP contribution in [-0.4, -0.2) is 0 Å². The standard InChI is InChI=1S/C34H39F/c1-3-4-6-9-28-17-23-33(34(35)25-28)22-14-27-12-18-31(19-13-27)32-20-15-29(16-21-32)24-26(2)30-10-7-5-8-11-30/h3-5,7-8,10-14,17-19,22-23,25-26,29,32H,6,9,15-16,20-21,24H2,1-2H3/b4-3+,22-14+. The van der Waals surface area contributed by atoms with Crippen LogP contribution >= 0.6 is 0 Å². The predicted molar refractivity (Wildman–Crippen MR) is 149 cm³/mol. The van der Waals surface area contributed by atoms with E-state index in [4.69, 9.17) is 0 Å². The first-order valence-corrected chi connectivity index (χ1v) is 13.3. The largest absolute Gasteiger partial charge is 0.206 e. The Morgan fingerprint density at radius 3 is 2.31 bits per heavy atom. The molecule has 4 rings (SSSR count). The summed E-state index contributed by atoms with van der Waals surface area (Å²) in [6.45, 7) is 4.39. The fraction of sp³-hybridized carbons (Fsp3) is 0.353. The van der Waals surface area contributed by atoms with Crippen molar-refractivity contribution in [2.24, 2.45) is 5.92 Å². The second-order valence-electron chi connectivity index (χ2n) is 10.2. The Hall–Kier alpha value is -2.93. The molecule has 0 aromatic heterocycles. The lowest BCUT2D eigenvalue weighted by molar-refractivity contribution is 0.297. The summed E-state index contributed by atoms with van der Waals surface area (Å²) in [4.78, 5) is 0. The van der Waals surface area contributed by atoms with Gasteiger partial charge >= 0.3 is 0 Å². The first-order chi connectivity index (χ1) is 17.1. The van der Waals surface area contributed by atoms with Gasteiger partial charge in [-0.1, -0.05) is 98.0 Å². The lowest BCUT2D eigenvalue weighted by Crippen LogP contribution is -2.15. The van der Waals surface area contributed by atoms with Gasteiger partial charge in [-0.2, -0.15) is 0 Å². The summed E-state index contributed by atoms with van der Waals surface area (Å²) in [7, 11) is 0. The molecular formula is C34H39F. The normalized spacial score (nSPS) is 19.4. The third kappa shape index (κ3) is 7.28. The topological polar surface area (TPSA) is 0 Å². The second-order valence-corrected chi connectivity index (χ2v) is 10.2. The fourth-order valence-corrected chi connectivity index (χ4v) is 5.49. The molecule has 182 valence electrons. The maximum absolute atomic E-state index is 14.5. The van der Waals surface area contributed by atoms with Gasteiger partial charge in [0.1, 0.15) is 5.82 Å². The van der Waals surface area contributed by atoms with Gasteiger partial charge in [0.25, 0.3) is 0 Å². The molecule has 1 aliphatic rings. The van der Waals surface area contributed by atoms with Gasteiger partial charge in [-0.3, -0.25) is 0 Å². The molecule has 35 heavy (non-hydrogen) atoms. The molecule has 0 saturated heterocycles. The molecular weight excluding hydrogens is 427 g/mol. The quantitative estimate of drug-likeness (QED) is 0.217. The average Bonchev–Trinajstić information content (AvgIpc) is 2.90. The van der Waals surface area contributed by atoms with Crippen LogP contribution in [0.5, 0.6) is 0 Å². The van der Waals surface area contributed by atoms with E-state index in [2.05, 4.69) is 67.6 Å². The van der Waals surface area contributed by atoms with Crippen molar-refractivity contribution in [3.8, 4) is 0 Å². The molecule has 0 radical (unpaired) electrons. The fourth-order valence-electron chi connectivity index (χ4n) is 5.49. The summed E-state index contributed by atoms with van der Waals surface area (Å²) in [6.07, 6.45) is 16.4. The van der Waals surface area contributed by atoms with E-state index >= 15 is 0 Å². The zero-order chi connectivity index (χ0) is 24.5. The van der Waals surface area contributed by atoms with Crippen molar-refractivity contribution in [3.05, 3.63) is 119 Å². The lowest BCUT2D eigenvalue weighted by atomic mass is 9.75. The molecule has 3 aromatic rings. The Bertz CT molecular complexity index is 1100. The Morgan fingerprint density at radius 1 is 0.886 bits per heavy atom. The predicted octanol–water partition coefficient (Wildman–Crippen LogP) is 9.97. The lowest BCUT2D eigenvalue weighted by Gasteiger charge is -2.30. The number of aryl methyl sites for hydroxylation is 1. The van der Waals surface area contributed by atoms with Crippen molar-refractivity contribution in [1.82, 2.24) is 0 Å². The van der Waals surface area contributed by atoms with E-state index in [-0.39, 0.29) is 5.82 Å². The number of hydrogen-bond acceptors (Lipinski definition) is 0. The van der Waals surface area contributed by atoms with Crippen LogP contribution in [0.3, 0.4) is 0 Å². The number of rotatable bonds is 9. The second kappa shape index (κ2) is 12.7. The minimum atomic E-state index is -0.144. The molecule has 0 heterocycles. The van der Waals surface area contributed by atoms with E-state index in [1.54, 1.807) is 6.07 Å². The van der Waals surface area contributed by atoms with Crippen LogP contribution in [-0.2, 0) is 6.42 Å². The monoisotopic (exact) mass is 466 g/mol. The minimum absolute atomic E-state index is 0.144. The molecule has 1 unspecified atom stereocenters. The number of allylic oxidation sites excluding steroid dienone is 2. The van der Waals surface area contributed by atoms with E-state index in [0.717, 1.165) is 29.9 Å². The molecule has 1 heteroatoms. The van der Waals surface area contributed by atoms with Crippen LogP contribution in [0.25, 0.3) is 12.2 Å². The molecule has 0 amide bonds. The summed E-state index contributed by atoms with van der Waals surface area (Å²) in [6, 6.07) is 25.4. The highest BCUT2D eigenvalue weighted by Crippen LogP contribution is 2.39. The highest BCUT2D eigenvalue weighted by Gasteiger charge is 2.24. The first kappa shape index (κ1) is 25.2. The van der Waals surface area contributed by atoms with Gasteiger partial charge in [0.15, 0.2) is 0 Å². The van der Waals surface area contributed by atoms with Crippen LogP contribution in [0.4, 0.5) is 4.39 Å². The Morgan fingerprint density at radius 2 is 1.63 bits per heavy atom. The zero-order valence-electron chi connectivity index (χ0n) is 21.3. The molecule has 0 nitrogen and oxygen atoms in total. The van der Waals surface area contributed by atoms with Gasteiger partial charge in [0.05, 0.1) is 0 Å².